The maximum atomic E-state index is 11.8. The summed E-state index contributed by atoms with van der Waals surface area (Å²) in [5.74, 6) is -0.386. The van der Waals surface area contributed by atoms with E-state index in [9.17, 15) is 9.90 Å². The third-order valence-corrected chi connectivity index (χ3v) is 2.83. The minimum Gasteiger partial charge on any atom is -0.505 e. The summed E-state index contributed by atoms with van der Waals surface area (Å²) in [4.78, 5) is 15.6. The van der Waals surface area contributed by atoms with Gasteiger partial charge < -0.3 is 10.4 Å². The minimum atomic E-state index is -0.285. The lowest BCUT2D eigenvalue weighted by molar-refractivity contribution is 0.0951. The van der Waals surface area contributed by atoms with Gasteiger partial charge in [0.2, 0.25) is 0 Å². The Hall–Kier alpha value is -2.36. The highest BCUT2D eigenvalue weighted by Crippen LogP contribution is 2.13. The highest BCUT2D eigenvalue weighted by Gasteiger charge is 2.09. The fraction of sp³-hybridized carbons (Fsp3) is 0.200. The molecule has 0 saturated heterocycles. The SMILES string of the molecule is Cc1cccc(CCNC(=O)c2ccncc2O)c1. The van der Waals surface area contributed by atoms with E-state index in [1.165, 1.54) is 29.6 Å². The van der Waals surface area contributed by atoms with E-state index in [-0.39, 0.29) is 17.2 Å². The predicted molar refractivity (Wildman–Crippen MR) is 73.1 cm³/mol. The van der Waals surface area contributed by atoms with Crippen LogP contribution in [0.15, 0.2) is 42.7 Å². The summed E-state index contributed by atoms with van der Waals surface area (Å²) < 4.78 is 0. The van der Waals surface area contributed by atoms with Crippen LogP contribution in [0.3, 0.4) is 0 Å². The summed E-state index contributed by atoms with van der Waals surface area (Å²) in [5.41, 5.74) is 2.63. The first-order chi connectivity index (χ1) is 9.16. The van der Waals surface area contributed by atoms with Crippen molar-refractivity contribution in [3.05, 3.63) is 59.4 Å². The van der Waals surface area contributed by atoms with Crippen LogP contribution in [0.5, 0.6) is 5.75 Å². The van der Waals surface area contributed by atoms with Gasteiger partial charge in [-0.25, -0.2) is 0 Å². The molecule has 1 heterocycles. The van der Waals surface area contributed by atoms with Crippen molar-refractivity contribution in [2.75, 3.05) is 6.54 Å². The molecule has 0 aliphatic rings. The van der Waals surface area contributed by atoms with Crippen molar-refractivity contribution in [1.82, 2.24) is 10.3 Å². The smallest absolute Gasteiger partial charge is 0.255 e. The zero-order chi connectivity index (χ0) is 13.7. The average molecular weight is 256 g/mol. The van der Waals surface area contributed by atoms with E-state index in [1.807, 2.05) is 25.1 Å². The molecule has 0 aliphatic carbocycles. The second-order valence-electron chi connectivity index (χ2n) is 4.39. The fourth-order valence-electron chi connectivity index (χ4n) is 1.86. The van der Waals surface area contributed by atoms with Gasteiger partial charge in [0.05, 0.1) is 11.8 Å². The molecule has 2 N–H and O–H groups in total. The number of pyridine rings is 1. The first-order valence-electron chi connectivity index (χ1n) is 6.13. The zero-order valence-corrected chi connectivity index (χ0v) is 10.8. The van der Waals surface area contributed by atoms with Crippen molar-refractivity contribution >= 4 is 5.91 Å². The molecular formula is C15H16N2O2. The van der Waals surface area contributed by atoms with E-state index in [1.54, 1.807) is 0 Å². The summed E-state index contributed by atoms with van der Waals surface area (Å²) in [6, 6.07) is 9.66. The number of nitrogens with zero attached hydrogens (tertiary/aromatic N) is 1. The number of aromatic hydroxyl groups is 1. The first-order valence-corrected chi connectivity index (χ1v) is 6.13. The molecule has 0 radical (unpaired) electrons. The summed E-state index contributed by atoms with van der Waals surface area (Å²) in [6.07, 6.45) is 3.50. The van der Waals surface area contributed by atoms with E-state index in [4.69, 9.17) is 0 Å². The van der Waals surface area contributed by atoms with Gasteiger partial charge in [-0.2, -0.15) is 0 Å². The van der Waals surface area contributed by atoms with E-state index < -0.39 is 0 Å². The largest absolute Gasteiger partial charge is 0.505 e. The van der Waals surface area contributed by atoms with Gasteiger partial charge in [-0.3, -0.25) is 9.78 Å². The molecule has 1 aromatic carbocycles. The van der Waals surface area contributed by atoms with Gasteiger partial charge in [0, 0.05) is 12.7 Å². The molecule has 0 atom stereocenters. The third kappa shape index (κ3) is 3.55. The molecule has 4 heteroatoms. The van der Waals surface area contributed by atoms with Crippen LogP contribution in [0.25, 0.3) is 0 Å². The van der Waals surface area contributed by atoms with E-state index >= 15 is 0 Å². The van der Waals surface area contributed by atoms with E-state index in [0.29, 0.717) is 6.54 Å². The lowest BCUT2D eigenvalue weighted by Gasteiger charge is -2.07. The Morgan fingerprint density at radius 2 is 2.21 bits per heavy atom. The second-order valence-corrected chi connectivity index (χ2v) is 4.39. The number of carbonyl (C=O) groups is 1. The Balaban J connectivity index is 1.90. The molecule has 0 fully saturated rings. The number of hydrogen-bond acceptors (Lipinski definition) is 3. The third-order valence-electron chi connectivity index (χ3n) is 2.83. The van der Waals surface area contributed by atoms with Crippen molar-refractivity contribution in [2.45, 2.75) is 13.3 Å². The number of hydrogen-bond donors (Lipinski definition) is 2. The second kappa shape index (κ2) is 6.00. The predicted octanol–water partition coefficient (Wildman–Crippen LogP) is 2.07. The van der Waals surface area contributed by atoms with Crippen LogP contribution in [0.2, 0.25) is 0 Å². The highest BCUT2D eigenvalue weighted by molar-refractivity contribution is 5.96. The molecule has 0 saturated carbocycles. The molecule has 1 aromatic heterocycles. The van der Waals surface area contributed by atoms with Crippen LogP contribution in [0.1, 0.15) is 21.5 Å². The molecular weight excluding hydrogens is 240 g/mol. The average Bonchev–Trinajstić information content (AvgIpc) is 2.39. The van der Waals surface area contributed by atoms with Gasteiger partial charge >= 0.3 is 0 Å². The first kappa shape index (κ1) is 13.1. The number of benzene rings is 1. The van der Waals surface area contributed by atoms with Crippen LogP contribution in [0.4, 0.5) is 0 Å². The van der Waals surface area contributed by atoms with Crippen LogP contribution in [-0.2, 0) is 6.42 Å². The van der Waals surface area contributed by atoms with Crippen molar-refractivity contribution < 1.29 is 9.90 Å². The quantitative estimate of drug-likeness (QED) is 0.880. The Labute approximate surface area is 112 Å². The number of aryl methyl sites for hydroxylation is 1. The molecule has 98 valence electrons. The summed E-state index contributed by atoms with van der Waals surface area (Å²) in [7, 11) is 0. The van der Waals surface area contributed by atoms with Crippen molar-refractivity contribution in [3.63, 3.8) is 0 Å². The number of amides is 1. The zero-order valence-electron chi connectivity index (χ0n) is 10.8. The Morgan fingerprint density at radius 3 is 2.95 bits per heavy atom. The van der Waals surface area contributed by atoms with Gasteiger partial charge in [-0.05, 0) is 25.0 Å². The van der Waals surface area contributed by atoms with Gasteiger partial charge in [-0.1, -0.05) is 29.8 Å². The van der Waals surface area contributed by atoms with Crippen molar-refractivity contribution in [3.8, 4) is 5.75 Å². The van der Waals surface area contributed by atoms with Crippen LogP contribution < -0.4 is 5.32 Å². The molecule has 0 spiro atoms. The van der Waals surface area contributed by atoms with Gasteiger partial charge in [0.25, 0.3) is 5.91 Å². The Morgan fingerprint density at radius 1 is 1.37 bits per heavy atom. The molecule has 1 amide bonds. The normalized spacial score (nSPS) is 10.2. The van der Waals surface area contributed by atoms with E-state index in [2.05, 4.69) is 16.4 Å². The molecule has 2 rings (SSSR count). The molecule has 19 heavy (non-hydrogen) atoms. The standard InChI is InChI=1S/C15H16N2O2/c1-11-3-2-4-12(9-11)5-8-17-15(19)13-6-7-16-10-14(13)18/h2-4,6-7,9-10,18H,5,8H2,1H3,(H,17,19). The maximum Gasteiger partial charge on any atom is 0.255 e. The highest BCUT2D eigenvalue weighted by atomic mass is 16.3. The lowest BCUT2D eigenvalue weighted by atomic mass is 10.1. The molecule has 2 aromatic rings. The summed E-state index contributed by atoms with van der Waals surface area (Å²) >= 11 is 0. The number of aromatic nitrogens is 1. The molecule has 0 bridgehead atoms. The Kier molecular flexibility index (Phi) is 4.13. The molecule has 4 nitrogen and oxygen atoms in total. The van der Waals surface area contributed by atoms with Crippen molar-refractivity contribution in [2.24, 2.45) is 0 Å². The summed E-state index contributed by atoms with van der Waals surface area (Å²) in [5, 5.41) is 12.3. The maximum absolute atomic E-state index is 11.8. The minimum absolute atomic E-state index is 0.101. The topological polar surface area (TPSA) is 62.2 Å². The number of carbonyl (C=O) groups excluding carboxylic acids is 1. The fourth-order valence-corrected chi connectivity index (χ4v) is 1.86. The van der Waals surface area contributed by atoms with Crippen LogP contribution >= 0.6 is 0 Å². The molecule has 0 unspecified atom stereocenters. The van der Waals surface area contributed by atoms with Crippen LogP contribution in [0, 0.1) is 6.92 Å². The number of rotatable bonds is 4. The summed E-state index contributed by atoms with van der Waals surface area (Å²) in [6.45, 7) is 2.57. The number of nitrogens with one attached hydrogen (secondary N) is 1. The van der Waals surface area contributed by atoms with Gasteiger partial charge in [0.1, 0.15) is 5.75 Å². The van der Waals surface area contributed by atoms with Gasteiger partial charge in [0.15, 0.2) is 0 Å². The van der Waals surface area contributed by atoms with Crippen molar-refractivity contribution in [1.29, 1.82) is 0 Å². The monoisotopic (exact) mass is 256 g/mol. The lowest BCUT2D eigenvalue weighted by Crippen LogP contribution is -2.25. The van der Waals surface area contributed by atoms with Crippen LogP contribution in [-0.4, -0.2) is 22.5 Å². The van der Waals surface area contributed by atoms with Gasteiger partial charge in [-0.15, -0.1) is 0 Å². The Bertz CT molecular complexity index is 582. The van der Waals surface area contributed by atoms with E-state index in [0.717, 1.165) is 6.42 Å². The molecule has 0 aliphatic heterocycles.